The van der Waals surface area contributed by atoms with Gasteiger partial charge in [-0.2, -0.15) is 0 Å². The molecule has 3 aromatic rings. The van der Waals surface area contributed by atoms with Crippen LogP contribution in [0.5, 0.6) is 23.0 Å². The molecule has 0 saturated carbocycles. The summed E-state index contributed by atoms with van der Waals surface area (Å²) in [4.78, 5) is 24.7. The number of fused-ring (bicyclic) bond motifs is 6. The summed E-state index contributed by atoms with van der Waals surface area (Å²) >= 11 is 0. The largest absolute Gasteiger partial charge is 0.508 e. The molecular weight excluding hydrogens is 510 g/mol. The Morgan fingerprint density at radius 3 is 2.46 bits per heavy atom. The zero-order valence-corrected chi connectivity index (χ0v) is 20.6. The van der Waals surface area contributed by atoms with Crippen molar-refractivity contribution in [2.75, 3.05) is 6.61 Å². The van der Waals surface area contributed by atoms with Crippen molar-refractivity contribution in [2.24, 2.45) is 0 Å². The third kappa shape index (κ3) is 3.90. The first kappa shape index (κ1) is 25.1. The van der Waals surface area contributed by atoms with Crippen molar-refractivity contribution in [1.82, 2.24) is 5.32 Å². The lowest BCUT2D eigenvalue weighted by Gasteiger charge is -2.42. The number of benzene rings is 3. The van der Waals surface area contributed by atoms with Gasteiger partial charge in [0.15, 0.2) is 5.60 Å². The van der Waals surface area contributed by atoms with Gasteiger partial charge in [0.25, 0.3) is 0 Å². The highest BCUT2D eigenvalue weighted by molar-refractivity contribution is 5.97. The molecule has 0 unspecified atom stereocenters. The van der Waals surface area contributed by atoms with Crippen molar-refractivity contribution in [1.29, 1.82) is 0 Å². The summed E-state index contributed by atoms with van der Waals surface area (Å²) < 4.78 is 23.8. The summed E-state index contributed by atoms with van der Waals surface area (Å²) in [5.41, 5.74) is 0.720. The van der Waals surface area contributed by atoms with Gasteiger partial charge < -0.3 is 44.7 Å². The number of aliphatic hydroxyl groups is 3. The number of amides is 1. The maximum Gasteiger partial charge on any atom is 0.340 e. The normalized spacial score (nSPS) is 28.5. The Morgan fingerprint density at radius 2 is 1.72 bits per heavy atom. The fraction of sp³-hybridized carbons (Fsp3) is 0.286. The predicted molar refractivity (Wildman–Crippen MR) is 132 cm³/mol. The summed E-state index contributed by atoms with van der Waals surface area (Å²) in [5, 5.41) is 43.1. The standard InChI is InChI=1S/C28H25NO10/c1-13(31)29-23-25(34)24(33)22(12-30)38-27(23)36-15-7-9-19-21(11-15)37-20-10-14(32)6-8-18(20)28(19)17-5-3-2-4-16(17)26(35)39-28/h2-11,22-25,27,30,32-34H,12H2,1H3,(H,29,31)/t22-,23-,24+,25-,27-,28+/m1/s1. The van der Waals surface area contributed by atoms with Gasteiger partial charge in [0.05, 0.1) is 12.2 Å². The van der Waals surface area contributed by atoms with E-state index in [9.17, 15) is 30.0 Å². The fourth-order valence-corrected chi connectivity index (χ4v) is 5.42. The van der Waals surface area contributed by atoms with E-state index in [0.717, 1.165) is 0 Å². The first-order chi connectivity index (χ1) is 18.7. The van der Waals surface area contributed by atoms with Gasteiger partial charge in [0.1, 0.15) is 47.4 Å². The van der Waals surface area contributed by atoms with Crippen molar-refractivity contribution in [3.05, 3.63) is 82.9 Å². The van der Waals surface area contributed by atoms with Crippen molar-refractivity contribution >= 4 is 11.9 Å². The second-order valence-corrected chi connectivity index (χ2v) is 9.61. The summed E-state index contributed by atoms with van der Waals surface area (Å²) in [6.07, 6.45) is -5.37. The zero-order valence-electron chi connectivity index (χ0n) is 20.6. The van der Waals surface area contributed by atoms with Crippen molar-refractivity contribution in [3.8, 4) is 23.0 Å². The van der Waals surface area contributed by atoms with Crippen LogP contribution in [-0.4, -0.2) is 69.6 Å². The minimum Gasteiger partial charge on any atom is -0.508 e. The van der Waals surface area contributed by atoms with Gasteiger partial charge in [0.2, 0.25) is 12.2 Å². The minimum atomic E-state index is -1.48. The molecule has 1 amide bonds. The maximum absolute atomic E-state index is 12.9. The molecule has 0 aromatic heterocycles. The molecule has 3 aliphatic heterocycles. The molecular formula is C28H25NO10. The summed E-state index contributed by atoms with van der Waals surface area (Å²) in [6.45, 7) is 0.653. The van der Waals surface area contributed by atoms with Crippen LogP contribution in [0.2, 0.25) is 0 Å². The predicted octanol–water partition coefficient (Wildman–Crippen LogP) is 1.28. The average molecular weight is 536 g/mol. The second-order valence-electron chi connectivity index (χ2n) is 9.61. The number of rotatable bonds is 4. The lowest BCUT2D eigenvalue weighted by Crippen LogP contribution is -2.65. The molecule has 11 nitrogen and oxygen atoms in total. The van der Waals surface area contributed by atoms with E-state index in [2.05, 4.69) is 5.32 Å². The molecule has 1 spiro atoms. The van der Waals surface area contributed by atoms with Crippen LogP contribution in [0.4, 0.5) is 0 Å². The molecule has 0 aliphatic carbocycles. The van der Waals surface area contributed by atoms with Crippen LogP contribution in [0.3, 0.4) is 0 Å². The number of carbonyl (C=O) groups excluding carboxylic acids is 2. The Balaban J connectivity index is 1.42. The maximum atomic E-state index is 12.9. The van der Waals surface area contributed by atoms with Crippen LogP contribution >= 0.6 is 0 Å². The molecule has 1 saturated heterocycles. The monoisotopic (exact) mass is 535 g/mol. The zero-order chi connectivity index (χ0) is 27.5. The Labute approximate surface area is 222 Å². The lowest BCUT2D eigenvalue weighted by molar-refractivity contribution is -0.244. The molecule has 1 fully saturated rings. The van der Waals surface area contributed by atoms with E-state index in [1.807, 2.05) is 0 Å². The number of aliphatic hydroxyl groups excluding tert-OH is 3. The lowest BCUT2D eigenvalue weighted by atomic mass is 9.77. The van der Waals surface area contributed by atoms with Crippen molar-refractivity contribution in [3.63, 3.8) is 0 Å². The first-order valence-corrected chi connectivity index (χ1v) is 12.3. The Kier molecular flexibility index (Phi) is 5.96. The molecule has 3 aromatic carbocycles. The SMILES string of the molecule is CC(=O)N[C@H]1[C@H](Oc2ccc3c(c2)Oc2cc(O)ccc2[C@]32OC(=O)c3ccccc32)O[C@H](CO)[C@H](O)[C@@H]1O. The smallest absolute Gasteiger partial charge is 0.340 e. The number of aromatic hydroxyl groups is 1. The Hall–Kier alpha value is -4.16. The fourth-order valence-electron chi connectivity index (χ4n) is 5.42. The minimum absolute atomic E-state index is 0.0475. The Morgan fingerprint density at radius 1 is 1.00 bits per heavy atom. The molecule has 11 heteroatoms. The molecule has 0 radical (unpaired) electrons. The topological polar surface area (TPSA) is 164 Å². The van der Waals surface area contributed by atoms with Gasteiger partial charge >= 0.3 is 5.97 Å². The number of phenolic OH excluding ortho intramolecular Hbond substituents is 1. The van der Waals surface area contributed by atoms with E-state index in [-0.39, 0.29) is 23.0 Å². The van der Waals surface area contributed by atoms with Gasteiger partial charge in [0, 0.05) is 35.7 Å². The molecule has 3 aliphatic rings. The number of hydrogen-bond donors (Lipinski definition) is 5. The average Bonchev–Trinajstić information content (AvgIpc) is 3.20. The molecule has 6 atom stereocenters. The van der Waals surface area contributed by atoms with Crippen molar-refractivity contribution in [2.45, 2.75) is 43.2 Å². The van der Waals surface area contributed by atoms with Crippen LogP contribution in [0, 0.1) is 0 Å². The molecule has 5 N–H and O–H groups in total. The third-order valence-corrected chi connectivity index (χ3v) is 7.17. The molecule has 202 valence electrons. The number of esters is 1. The van der Waals surface area contributed by atoms with Gasteiger partial charge in [-0.3, -0.25) is 4.79 Å². The number of hydrogen-bond acceptors (Lipinski definition) is 10. The second kappa shape index (κ2) is 9.24. The van der Waals surface area contributed by atoms with Crippen LogP contribution < -0.4 is 14.8 Å². The van der Waals surface area contributed by atoms with Crippen molar-refractivity contribution < 1.29 is 49.0 Å². The van der Waals surface area contributed by atoms with Gasteiger partial charge in [-0.05, 0) is 30.3 Å². The first-order valence-electron chi connectivity index (χ1n) is 12.3. The van der Waals surface area contributed by atoms with Crippen LogP contribution in [-0.2, 0) is 19.9 Å². The summed E-state index contributed by atoms with van der Waals surface area (Å²) in [5.74, 6) is -0.303. The summed E-state index contributed by atoms with van der Waals surface area (Å²) in [6, 6.07) is 15.2. The van der Waals surface area contributed by atoms with E-state index in [1.54, 1.807) is 42.5 Å². The number of ether oxygens (including phenoxy) is 4. The summed E-state index contributed by atoms with van der Waals surface area (Å²) in [7, 11) is 0. The van der Waals surface area contributed by atoms with E-state index >= 15 is 0 Å². The van der Waals surface area contributed by atoms with E-state index in [0.29, 0.717) is 22.3 Å². The molecule has 3 heterocycles. The van der Waals surface area contributed by atoms with E-state index in [1.165, 1.54) is 25.1 Å². The van der Waals surface area contributed by atoms with Crippen LogP contribution in [0.1, 0.15) is 34.0 Å². The molecule has 6 rings (SSSR count). The van der Waals surface area contributed by atoms with Gasteiger partial charge in [-0.15, -0.1) is 0 Å². The quantitative estimate of drug-likeness (QED) is 0.308. The molecule has 0 bridgehead atoms. The number of carbonyl (C=O) groups is 2. The highest BCUT2D eigenvalue weighted by Gasteiger charge is 2.53. The van der Waals surface area contributed by atoms with E-state index < -0.39 is 54.7 Å². The highest BCUT2D eigenvalue weighted by atomic mass is 16.7. The Bertz CT molecular complexity index is 1470. The van der Waals surface area contributed by atoms with Crippen LogP contribution in [0.25, 0.3) is 0 Å². The van der Waals surface area contributed by atoms with Crippen LogP contribution in [0.15, 0.2) is 60.7 Å². The van der Waals surface area contributed by atoms with Gasteiger partial charge in [-0.25, -0.2) is 4.79 Å². The number of nitrogens with one attached hydrogen (secondary N) is 1. The van der Waals surface area contributed by atoms with E-state index in [4.69, 9.17) is 18.9 Å². The molecule has 39 heavy (non-hydrogen) atoms. The number of phenols is 1. The highest BCUT2D eigenvalue weighted by Crippen LogP contribution is 2.57. The third-order valence-electron chi connectivity index (χ3n) is 7.17. The van der Waals surface area contributed by atoms with Gasteiger partial charge in [-0.1, -0.05) is 18.2 Å².